The third kappa shape index (κ3) is 5.89. The Bertz CT molecular complexity index is 1740. The highest BCUT2D eigenvalue weighted by molar-refractivity contribution is 6.03. The van der Waals surface area contributed by atoms with Gasteiger partial charge in [0, 0.05) is 34.8 Å². The first-order valence-electron chi connectivity index (χ1n) is 12.9. The third-order valence-corrected chi connectivity index (χ3v) is 6.69. The number of carbonyl (C=O) groups is 3. The zero-order valence-corrected chi connectivity index (χ0v) is 21.8. The summed E-state index contributed by atoms with van der Waals surface area (Å²) in [6, 6.07) is 30.4. The lowest BCUT2D eigenvalue weighted by Gasteiger charge is -2.19. The fourth-order valence-electron chi connectivity index (χ4n) is 4.53. The fraction of sp³-hybridized carbons (Fsp3) is 0.0909. The zero-order valence-electron chi connectivity index (χ0n) is 21.8. The van der Waals surface area contributed by atoms with Crippen molar-refractivity contribution in [1.82, 2.24) is 10.3 Å². The number of H-pyrrole nitrogens is 1. The number of aromatic nitrogens is 1. The van der Waals surface area contributed by atoms with Crippen LogP contribution in [0.2, 0.25) is 0 Å². The predicted octanol–water partition coefficient (Wildman–Crippen LogP) is 5.38. The Balaban J connectivity index is 1.38. The third-order valence-electron chi connectivity index (χ3n) is 6.69. The van der Waals surface area contributed by atoms with Gasteiger partial charge in [-0.25, -0.2) is 0 Å². The van der Waals surface area contributed by atoms with E-state index >= 15 is 0 Å². The van der Waals surface area contributed by atoms with Gasteiger partial charge in [-0.15, -0.1) is 0 Å². The molecule has 40 heavy (non-hydrogen) atoms. The summed E-state index contributed by atoms with van der Waals surface area (Å²) in [6.07, 6.45) is 1.66. The maximum atomic E-state index is 13.5. The molecular weight excluding hydrogens is 502 g/mol. The van der Waals surface area contributed by atoms with E-state index in [0.717, 1.165) is 16.7 Å². The number of Topliss-reactive ketones (excluding diaryl/α,β-unsaturated/α-hetero) is 1. The lowest BCUT2D eigenvalue weighted by Crippen LogP contribution is -2.45. The average molecular weight is 530 g/mol. The van der Waals surface area contributed by atoms with Crippen molar-refractivity contribution in [3.8, 4) is 11.1 Å². The summed E-state index contributed by atoms with van der Waals surface area (Å²) in [7, 11) is 0. The van der Waals surface area contributed by atoms with Crippen LogP contribution in [-0.4, -0.2) is 28.6 Å². The van der Waals surface area contributed by atoms with Gasteiger partial charge in [0.15, 0.2) is 11.2 Å². The molecule has 0 unspecified atom stereocenters. The molecule has 0 aliphatic rings. The van der Waals surface area contributed by atoms with Crippen molar-refractivity contribution in [3.05, 3.63) is 136 Å². The number of hydrogen-bond acceptors (Lipinski definition) is 4. The molecule has 3 N–H and O–H groups in total. The first-order valence-corrected chi connectivity index (χ1v) is 12.9. The fourth-order valence-corrected chi connectivity index (χ4v) is 4.53. The summed E-state index contributed by atoms with van der Waals surface area (Å²) in [6.45, 7) is 1.33. The van der Waals surface area contributed by atoms with E-state index in [1.165, 1.54) is 19.2 Å². The van der Waals surface area contributed by atoms with Crippen molar-refractivity contribution in [1.29, 1.82) is 0 Å². The van der Waals surface area contributed by atoms with Crippen molar-refractivity contribution in [3.63, 3.8) is 0 Å². The van der Waals surface area contributed by atoms with Gasteiger partial charge in [0.25, 0.3) is 5.91 Å². The van der Waals surface area contributed by atoms with Crippen LogP contribution in [-0.2, 0) is 11.2 Å². The average Bonchev–Trinajstić information content (AvgIpc) is 2.98. The van der Waals surface area contributed by atoms with Crippen LogP contribution in [0.15, 0.2) is 114 Å². The highest BCUT2D eigenvalue weighted by atomic mass is 16.2. The van der Waals surface area contributed by atoms with Gasteiger partial charge in [-0.3, -0.25) is 19.2 Å². The van der Waals surface area contributed by atoms with E-state index in [4.69, 9.17) is 0 Å². The molecule has 5 aromatic rings. The normalized spacial score (nSPS) is 11.5. The second kappa shape index (κ2) is 11.6. The van der Waals surface area contributed by atoms with Crippen molar-refractivity contribution < 1.29 is 14.4 Å². The van der Waals surface area contributed by atoms with E-state index in [2.05, 4.69) is 15.6 Å². The molecule has 7 heteroatoms. The quantitative estimate of drug-likeness (QED) is 0.235. The van der Waals surface area contributed by atoms with Crippen molar-refractivity contribution in [2.45, 2.75) is 19.4 Å². The molecule has 0 aliphatic carbocycles. The van der Waals surface area contributed by atoms with Crippen LogP contribution >= 0.6 is 0 Å². The van der Waals surface area contributed by atoms with Crippen molar-refractivity contribution in [2.24, 2.45) is 0 Å². The molecule has 1 atom stereocenters. The second-order valence-corrected chi connectivity index (χ2v) is 9.50. The second-order valence-electron chi connectivity index (χ2n) is 9.50. The number of benzene rings is 4. The number of nitrogens with one attached hydrogen (secondary N) is 3. The Labute approximate surface area is 230 Å². The molecule has 1 aromatic heterocycles. The number of anilines is 1. The van der Waals surface area contributed by atoms with Crippen LogP contribution in [0.25, 0.3) is 22.0 Å². The summed E-state index contributed by atoms with van der Waals surface area (Å²) < 4.78 is 0. The maximum Gasteiger partial charge on any atom is 0.251 e. The van der Waals surface area contributed by atoms with Crippen LogP contribution in [0.3, 0.4) is 0 Å². The molecule has 0 fully saturated rings. The standard InChI is InChI=1S/C33H27N3O4/c1-21(37)28-20-34-29-17-16-26(19-27(29)31(28)38)35-33(40)30(18-22-8-4-2-5-9-22)36-32(39)25-14-12-24(13-15-25)23-10-6-3-7-11-23/h2-17,19-20,30H,18H2,1H3,(H,34,38)(H,35,40)(H,36,39)/t30-/m0/s1. The number of aromatic amines is 1. The Morgan fingerprint density at radius 1 is 0.800 bits per heavy atom. The number of carbonyl (C=O) groups excluding carboxylic acids is 3. The number of hydrogen-bond donors (Lipinski definition) is 3. The molecule has 0 radical (unpaired) electrons. The molecular formula is C33H27N3O4. The SMILES string of the molecule is CC(=O)c1c[nH]c2ccc(NC(=O)[C@H](Cc3ccccc3)NC(=O)c3ccc(-c4ccccc4)cc3)cc2c1=O. The summed E-state index contributed by atoms with van der Waals surface area (Å²) in [5.74, 6) is -1.16. The van der Waals surface area contributed by atoms with E-state index in [0.29, 0.717) is 16.8 Å². The highest BCUT2D eigenvalue weighted by Crippen LogP contribution is 2.20. The van der Waals surface area contributed by atoms with E-state index in [9.17, 15) is 19.2 Å². The predicted molar refractivity (Wildman–Crippen MR) is 156 cm³/mol. The number of ketones is 1. The largest absolute Gasteiger partial charge is 0.360 e. The number of fused-ring (bicyclic) bond motifs is 1. The van der Waals surface area contributed by atoms with Gasteiger partial charge < -0.3 is 15.6 Å². The van der Waals surface area contributed by atoms with Crippen LogP contribution in [0.4, 0.5) is 5.69 Å². The van der Waals surface area contributed by atoms with Gasteiger partial charge >= 0.3 is 0 Å². The van der Waals surface area contributed by atoms with Gasteiger partial charge in [-0.05, 0) is 53.9 Å². The molecule has 0 spiro atoms. The molecule has 198 valence electrons. The van der Waals surface area contributed by atoms with E-state index in [-0.39, 0.29) is 29.1 Å². The Hall–Kier alpha value is -5.30. The van der Waals surface area contributed by atoms with Crippen LogP contribution in [0.5, 0.6) is 0 Å². The Morgan fingerprint density at radius 2 is 1.45 bits per heavy atom. The minimum absolute atomic E-state index is 0.0449. The van der Waals surface area contributed by atoms with E-state index in [1.807, 2.05) is 72.8 Å². The number of amides is 2. The van der Waals surface area contributed by atoms with E-state index < -0.39 is 17.4 Å². The molecule has 7 nitrogen and oxygen atoms in total. The smallest absolute Gasteiger partial charge is 0.251 e. The minimum atomic E-state index is -0.888. The number of rotatable bonds is 8. The topological polar surface area (TPSA) is 108 Å². The summed E-state index contributed by atoms with van der Waals surface area (Å²) in [5, 5.41) is 5.98. The molecule has 0 saturated carbocycles. The van der Waals surface area contributed by atoms with Crippen LogP contribution in [0.1, 0.15) is 33.2 Å². The first-order chi connectivity index (χ1) is 19.4. The maximum absolute atomic E-state index is 13.5. The summed E-state index contributed by atoms with van der Waals surface area (Å²) in [4.78, 5) is 54.2. The molecule has 4 aromatic carbocycles. The van der Waals surface area contributed by atoms with Crippen LogP contribution < -0.4 is 16.1 Å². The van der Waals surface area contributed by atoms with Crippen molar-refractivity contribution in [2.75, 3.05) is 5.32 Å². The zero-order chi connectivity index (χ0) is 28.1. The van der Waals surface area contributed by atoms with Gasteiger partial charge in [-0.1, -0.05) is 72.8 Å². The molecule has 0 saturated heterocycles. The van der Waals surface area contributed by atoms with Gasteiger partial charge in [0.05, 0.1) is 5.56 Å². The molecule has 5 rings (SSSR count). The lowest BCUT2D eigenvalue weighted by molar-refractivity contribution is -0.118. The van der Waals surface area contributed by atoms with Gasteiger partial charge in [-0.2, -0.15) is 0 Å². The van der Waals surface area contributed by atoms with E-state index in [1.54, 1.807) is 24.3 Å². The van der Waals surface area contributed by atoms with Gasteiger partial charge in [0.1, 0.15) is 6.04 Å². The highest BCUT2D eigenvalue weighted by Gasteiger charge is 2.23. The van der Waals surface area contributed by atoms with Crippen molar-refractivity contribution >= 4 is 34.2 Å². The molecule has 1 heterocycles. The summed E-state index contributed by atoms with van der Waals surface area (Å²) >= 11 is 0. The lowest BCUT2D eigenvalue weighted by atomic mass is 10.0. The Morgan fingerprint density at radius 3 is 2.12 bits per heavy atom. The first kappa shape index (κ1) is 26.3. The minimum Gasteiger partial charge on any atom is -0.360 e. The van der Waals surface area contributed by atoms with Gasteiger partial charge in [0.2, 0.25) is 5.91 Å². The summed E-state index contributed by atoms with van der Waals surface area (Å²) in [5.41, 5.74) is 3.89. The number of pyridine rings is 1. The molecule has 0 aliphatic heterocycles. The Kier molecular flexibility index (Phi) is 7.64. The molecule has 0 bridgehead atoms. The van der Waals surface area contributed by atoms with Crippen LogP contribution in [0, 0.1) is 0 Å². The monoisotopic (exact) mass is 529 g/mol. The molecule has 2 amide bonds.